The minimum atomic E-state index is -0.597. The van der Waals surface area contributed by atoms with E-state index >= 15 is 0 Å². The molecule has 1 heterocycles. The Labute approximate surface area is 153 Å². The standard InChI is InChI=1S/C19H27N3O4/c1-26-13-17(23)20-15-6-4-7-16(11-15)21-18(24)22-10-9-19(25)8-3-2-5-14(19)12-22/h4,6-7,11,14,25H,2-3,5,8-10,12-13H2,1H3,(H,20,23)(H,21,24)/t14-,19-/m0/s1. The molecule has 3 N–H and O–H groups in total. The lowest BCUT2D eigenvalue weighted by atomic mass is 9.71. The quantitative estimate of drug-likeness (QED) is 0.768. The molecule has 142 valence electrons. The maximum absolute atomic E-state index is 12.6. The number of hydrogen-bond donors (Lipinski definition) is 3. The van der Waals surface area contributed by atoms with E-state index in [9.17, 15) is 14.7 Å². The highest BCUT2D eigenvalue weighted by molar-refractivity contribution is 5.94. The number of anilines is 2. The first-order valence-corrected chi connectivity index (χ1v) is 9.17. The highest BCUT2D eigenvalue weighted by Gasteiger charge is 2.43. The molecule has 3 amide bonds. The average molecular weight is 361 g/mol. The van der Waals surface area contributed by atoms with Gasteiger partial charge in [0.05, 0.1) is 5.60 Å². The van der Waals surface area contributed by atoms with E-state index in [1.54, 1.807) is 29.2 Å². The van der Waals surface area contributed by atoms with Gasteiger partial charge in [-0.3, -0.25) is 4.79 Å². The van der Waals surface area contributed by atoms with Gasteiger partial charge in [0.15, 0.2) is 0 Å². The zero-order valence-electron chi connectivity index (χ0n) is 15.2. The van der Waals surface area contributed by atoms with Crippen LogP contribution in [-0.2, 0) is 9.53 Å². The van der Waals surface area contributed by atoms with Gasteiger partial charge in [-0.15, -0.1) is 0 Å². The van der Waals surface area contributed by atoms with Crippen molar-refractivity contribution < 1.29 is 19.4 Å². The molecule has 0 aromatic heterocycles. The van der Waals surface area contributed by atoms with Crippen LogP contribution in [0.3, 0.4) is 0 Å². The fourth-order valence-electron chi connectivity index (χ4n) is 3.96. The van der Waals surface area contributed by atoms with Gasteiger partial charge in [-0.25, -0.2) is 4.79 Å². The molecule has 2 atom stereocenters. The Morgan fingerprint density at radius 2 is 2.04 bits per heavy atom. The SMILES string of the molecule is COCC(=O)Nc1cccc(NC(=O)N2CC[C@@]3(O)CCCC[C@H]3C2)c1. The van der Waals surface area contributed by atoms with E-state index < -0.39 is 5.60 Å². The summed E-state index contributed by atoms with van der Waals surface area (Å²) in [5.74, 6) is -0.0843. The Bertz CT molecular complexity index is 666. The number of urea groups is 1. The van der Waals surface area contributed by atoms with Crippen LogP contribution in [-0.4, -0.2) is 54.4 Å². The van der Waals surface area contributed by atoms with Crippen molar-refractivity contribution in [3.8, 4) is 0 Å². The zero-order chi connectivity index (χ0) is 18.6. The van der Waals surface area contributed by atoms with E-state index in [0.717, 1.165) is 25.7 Å². The minimum Gasteiger partial charge on any atom is -0.389 e. The molecular formula is C19H27N3O4. The van der Waals surface area contributed by atoms with Crippen LogP contribution < -0.4 is 10.6 Å². The third kappa shape index (κ3) is 4.34. The second kappa shape index (κ2) is 8.05. The van der Waals surface area contributed by atoms with E-state index in [1.165, 1.54) is 7.11 Å². The highest BCUT2D eigenvalue weighted by atomic mass is 16.5. The number of nitrogens with zero attached hydrogens (tertiary/aromatic N) is 1. The van der Waals surface area contributed by atoms with E-state index in [4.69, 9.17) is 4.74 Å². The number of carbonyl (C=O) groups excluding carboxylic acids is 2. The Kier molecular flexibility index (Phi) is 5.78. The molecule has 1 aliphatic heterocycles. The maximum atomic E-state index is 12.6. The molecule has 26 heavy (non-hydrogen) atoms. The molecule has 1 aromatic carbocycles. The first-order valence-electron chi connectivity index (χ1n) is 9.17. The molecule has 2 aliphatic rings. The van der Waals surface area contributed by atoms with Gasteiger partial charge in [0.1, 0.15) is 6.61 Å². The van der Waals surface area contributed by atoms with Crippen molar-refractivity contribution >= 4 is 23.3 Å². The number of hydrogen-bond acceptors (Lipinski definition) is 4. The normalized spacial score (nSPS) is 25.3. The van der Waals surface area contributed by atoms with Crippen LogP contribution in [0.4, 0.5) is 16.2 Å². The van der Waals surface area contributed by atoms with Crippen molar-refractivity contribution in [3.05, 3.63) is 24.3 Å². The molecule has 2 fully saturated rings. The van der Waals surface area contributed by atoms with Crippen molar-refractivity contribution in [2.45, 2.75) is 37.7 Å². The number of ether oxygens (including phenoxy) is 1. The van der Waals surface area contributed by atoms with Crippen molar-refractivity contribution in [2.75, 3.05) is 37.4 Å². The summed E-state index contributed by atoms with van der Waals surface area (Å²) < 4.78 is 4.79. The van der Waals surface area contributed by atoms with Crippen molar-refractivity contribution in [1.29, 1.82) is 0 Å². The Hall–Kier alpha value is -2.12. The molecule has 1 aromatic rings. The summed E-state index contributed by atoms with van der Waals surface area (Å²) in [5, 5.41) is 16.3. The predicted molar refractivity (Wildman–Crippen MR) is 99.1 cm³/mol. The minimum absolute atomic E-state index is 0.0192. The fraction of sp³-hybridized carbons (Fsp3) is 0.579. The van der Waals surface area contributed by atoms with E-state index in [1.807, 2.05) is 0 Å². The van der Waals surface area contributed by atoms with Gasteiger partial charge in [-0.2, -0.15) is 0 Å². The first-order chi connectivity index (χ1) is 12.5. The second-order valence-electron chi connectivity index (χ2n) is 7.23. The molecule has 0 spiro atoms. The van der Waals surface area contributed by atoms with Gasteiger partial charge < -0.3 is 25.4 Å². The number of amides is 3. The lowest BCUT2D eigenvalue weighted by Crippen LogP contribution is -2.55. The number of likely N-dealkylation sites (tertiary alicyclic amines) is 1. The summed E-state index contributed by atoms with van der Waals surface area (Å²) in [6.45, 7) is 1.13. The van der Waals surface area contributed by atoms with Gasteiger partial charge in [0.25, 0.3) is 0 Å². The molecule has 1 saturated heterocycles. The number of benzene rings is 1. The highest BCUT2D eigenvalue weighted by Crippen LogP contribution is 2.39. The lowest BCUT2D eigenvalue weighted by molar-refractivity contribution is -0.119. The number of rotatable bonds is 4. The second-order valence-corrected chi connectivity index (χ2v) is 7.23. The van der Waals surface area contributed by atoms with Gasteiger partial charge in [-0.05, 0) is 37.5 Å². The van der Waals surface area contributed by atoms with Crippen LogP contribution in [0, 0.1) is 5.92 Å². The lowest BCUT2D eigenvalue weighted by Gasteiger charge is -2.47. The summed E-state index contributed by atoms with van der Waals surface area (Å²) >= 11 is 0. The maximum Gasteiger partial charge on any atom is 0.321 e. The third-order valence-corrected chi connectivity index (χ3v) is 5.39. The van der Waals surface area contributed by atoms with Gasteiger partial charge >= 0.3 is 6.03 Å². The van der Waals surface area contributed by atoms with E-state index in [2.05, 4.69) is 10.6 Å². The molecule has 7 heteroatoms. The number of methoxy groups -OCH3 is 1. The Balaban J connectivity index is 1.59. The number of aliphatic hydroxyl groups is 1. The van der Waals surface area contributed by atoms with Crippen molar-refractivity contribution in [2.24, 2.45) is 5.92 Å². The Morgan fingerprint density at radius 1 is 1.27 bits per heavy atom. The van der Waals surface area contributed by atoms with E-state index in [-0.39, 0.29) is 24.5 Å². The average Bonchev–Trinajstić information content (AvgIpc) is 2.61. The van der Waals surface area contributed by atoms with Crippen LogP contribution in [0.5, 0.6) is 0 Å². The third-order valence-electron chi connectivity index (χ3n) is 5.39. The first kappa shape index (κ1) is 18.7. The molecule has 0 radical (unpaired) electrons. The Morgan fingerprint density at radius 3 is 2.81 bits per heavy atom. The van der Waals surface area contributed by atoms with Crippen LogP contribution in [0.1, 0.15) is 32.1 Å². The predicted octanol–water partition coefficient (Wildman–Crippen LogP) is 2.43. The number of carbonyl (C=O) groups is 2. The molecule has 1 saturated carbocycles. The molecule has 3 rings (SSSR count). The molecule has 1 aliphatic carbocycles. The van der Waals surface area contributed by atoms with Gasteiger partial charge in [0, 0.05) is 37.5 Å². The molecule has 0 bridgehead atoms. The summed E-state index contributed by atoms with van der Waals surface area (Å²) in [5.41, 5.74) is 0.625. The number of nitrogens with one attached hydrogen (secondary N) is 2. The molecule has 0 unspecified atom stereocenters. The summed E-state index contributed by atoms with van der Waals surface area (Å²) in [4.78, 5) is 26.0. The topological polar surface area (TPSA) is 90.9 Å². The smallest absolute Gasteiger partial charge is 0.321 e. The fourth-order valence-corrected chi connectivity index (χ4v) is 3.96. The van der Waals surface area contributed by atoms with Gasteiger partial charge in [0.2, 0.25) is 5.91 Å². The van der Waals surface area contributed by atoms with E-state index in [0.29, 0.717) is 30.9 Å². The molecular weight excluding hydrogens is 334 g/mol. The van der Waals surface area contributed by atoms with Crippen molar-refractivity contribution in [1.82, 2.24) is 4.90 Å². The summed E-state index contributed by atoms with van der Waals surface area (Å²) in [6.07, 6.45) is 4.64. The van der Waals surface area contributed by atoms with Crippen LogP contribution >= 0.6 is 0 Å². The number of piperidine rings is 1. The van der Waals surface area contributed by atoms with Gasteiger partial charge in [-0.1, -0.05) is 18.9 Å². The van der Waals surface area contributed by atoms with Crippen LogP contribution in [0.2, 0.25) is 0 Å². The summed E-state index contributed by atoms with van der Waals surface area (Å²) in [7, 11) is 1.46. The largest absolute Gasteiger partial charge is 0.389 e. The molecule has 7 nitrogen and oxygen atoms in total. The monoisotopic (exact) mass is 361 g/mol. The zero-order valence-corrected chi connectivity index (χ0v) is 15.2. The number of fused-ring (bicyclic) bond motifs is 1. The van der Waals surface area contributed by atoms with Crippen LogP contribution in [0.25, 0.3) is 0 Å². The summed E-state index contributed by atoms with van der Waals surface area (Å²) in [6, 6.07) is 6.86. The van der Waals surface area contributed by atoms with Crippen molar-refractivity contribution in [3.63, 3.8) is 0 Å². The van der Waals surface area contributed by atoms with Crippen LogP contribution in [0.15, 0.2) is 24.3 Å².